The Balaban J connectivity index is 1.68. The van der Waals surface area contributed by atoms with Crippen LogP contribution in [-0.2, 0) is 4.79 Å². The Kier molecular flexibility index (Phi) is 5.16. The molecule has 0 aliphatic carbocycles. The summed E-state index contributed by atoms with van der Waals surface area (Å²) in [4.78, 5) is 26.3. The van der Waals surface area contributed by atoms with Crippen molar-refractivity contribution in [1.82, 2.24) is 10.4 Å². The molecule has 28 heavy (non-hydrogen) atoms. The number of anilines is 1. The number of halogens is 3. The summed E-state index contributed by atoms with van der Waals surface area (Å²) in [7, 11) is 0. The number of benzene rings is 2. The number of H-pyrrole nitrogens is 1. The maximum absolute atomic E-state index is 12.3. The minimum Gasteiger partial charge on any atom is -0.360 e. The molecule has 0 radical (unpaired) electrons. The molecule has 2 aromatic carbocycles. The first-order chi connectivity index (χ1) is 13.3. The van der Waals surface area contributed by atoms with E-state index in [4.69, 9.17) is 0 Å². The molecule has 144 valence electrons. The maximum Gasteiger partial charge on any atom is 0.471 e. The van der Waals surface area contributed by atoms with Crippen LogP contribution < -0.4 is 10.7 Å². The van der Waals surface area contributed by atoms with Crippen LogP contribution in [0.2, 0.25) is 0 Å². The van der Waals surface area contributed by atoms with Crippen LogP contribution in [0, 0.1) is 0 Å². The molecule has 1 heterocycles. The zero-order valence-corrected chi connectivity index (χ0v) is 14.6. The van der Waals surface area contributed by atoms with Crippen LogP contribution in [0.25, 0.3) is 10.9 Å². The third kappa shape index (κ3) is 4.20. The van der Waals surface area contributed by atoms with E-state index in [9.17, 15) is 22.8 Å². The summed E-state index contributed by atoms with van der Waals surface area (Å²) in [5.74, 6) is -2.44. The van der Waals surface area contributed by atoms with Gasteiger partial charge in [-0.2, -0.15) is 18.3 Å². The minimum absolute atomic E-state index is 0.00158. The molecule has 0 atom stereocenters. The van der Waals surface area contributed by atoms with Gasteiger partial charge in [0.05, 0.1) is 11.3 Å². The second-order valence-corrected chi connectivity index (χ2v) is 5.92. The van der Waals surface area contributed by atoms with Gasteiger partial charge in [-0.15, -0.1) is 0 Å². The van der Waals surface area contributed by atoms with Gasteiger partial charge in [-0.3, -0.25) is 9.59 Å². The van der Waals surface area contributed by atoms with Gasteiger partial charge in [0.15, 0.2) is 0 Å². The number of carbonyl (C=O) groups excluding carboxylic acids is 2. The van der Waals surface area contributed by atoms with Crippen LogP contribution in [0.3, 0.4) is 0 Å². The number of rotatable bonds is 4. The van der Waals surface area contributed by atoms with Gasteiger partial charge in [0.2, 0.25) is 0 Å². The molecule has 3 rings (SSSR count). The Morgan fingerprint density at radius 3 is 2.39 bits per heavy atom. The monoisotopic (exact) mass is 388 g/mol. The van der Waals surface area contributed by atoms with E-state index in [0.29, 0.717) is 16.8 Å². The number of aromatic nitrogens is 1. The second kappa shape index (κ2) is 7.55. The Labute approximate surface area is 157 Å². The molecule has 0 saturated carbocycles. The van der Waals surface area contributed by atoms with Crippen LogP contribution in [-0.4, -0.2) is 28.7 Å². The molecule has 0 spiro atoms. The highest BCUT2D eigenvalue weighted by Crippen LogP contribution is 2.19. The van der Waals surface area contributed by atoms with Crippen molar-refractivity contribution in [2.24, 2.45) is 5.10 Å². The molecule has 9 heteroatoms. The fourth-order valence-corrected chi connectivity index (χ4v) is 2.52. The van der Waals surface area contributed by atoms with E-state index in [0.717, 1.165) is 10.9 Å². The SMILES string of the molecule is C/C(=N\NC(=O)c1c[nH]c2ccccc12)c1ccc(NC(=O)C(F)(F)F)cc1. The van der Waals surface area contributed by atoms with E-state index < -0.39 is 18.0 Å². The van der Waals surface area contributed by atoms with Crippen LogP contribution in [0.15, 0.2) is 59.8 Å². The predicted octanol–water partition coefficient (Wildman–Crippen LogP) is 3.82. The van der Waals surface area contributed by atoms with Gasteiger partial charge in [-0.05, 0) is 30.7 Å². The van der Waals surface area contributed by atoms with Crippen molar-refractivity contribution in [3.05, 3.63) is 65.9 Å². The summed E-state index contributed by atoms with van der Waals surface area (Å²) in [6, 6.07) is 12.9. The van der Waals surface area contributed by atoms with Crippen molar-refractivity contribution in [2.45, 2.75) is 13.1 Å². The van der Waals surface area contributed by atoms with Crippen LogP contribution in [0.5, 0.6) is 0 Å². The molecule has 0 unspecified atom stereocenters. The van der Waals surface area contributed by atoms with Crippen molar-refractivity contribution in [2.75, 3.05) is 5.32 Å². The van der Waals surface area contributed by atoms with Gasteiger partial charge in [0.25, 0.3) is 5.91 Å². The lowest BCUT2D eigenvalue weighted by Gasteiger charge is -2.08. The molecular weight excluding hydrogens is 373 g/mol. The molecular formula is C19H15F3N4O2. The van der Waals surface area contributed by atoms with Gasteiger partial charge in [-0.25, -0.2) is 5.43 Å². The number of hydrazone groups is 1. The standard InChI is InChI=1S/C19H15F3N4O2/c1-11(12-6-8-13(9-7-12)24-18(28)19(20,21)22)25-26-17(27)15-10-23-16-5-3-2-4-14(15)16/h2-10,23H,1H3,(H,24,28)(H,26,27)/b25-11+. The Morgan fingerprint density at radius 1 is 1.04 bits per heavy atom. The number of nitrogens with zero attached hydrogens (tertiary/aromatic N) is 1. The van der Waals surface area contributed by atoms with Crippen molar-refractivity contribution < 1.29 is 22.8 Å². The Hall–Kier alpha value is -3.62. The van der Waals surface area contributed by atoms with E-state index in [1.54, 1.807) is 18.4 Å². The van der Waals surface area contributed by atoms with Crippen LogP contribution in [0.1, 0.15) is 22.8 Å². The van der Waals surface area contributed by atoms with Crippen LogP contribution in [0.4, 0.5) is 18.9 Å². The molecule has 0 fully saturated rings. The van der Waals surface area contributed by atoms with Gasteiger partial charge >= 0.3 is 12.1 Å². The molecule has 0 aliphatic heterocycles. The fourth-order valence-electron chi connectivity index (χ4n) is 2.52. The Bertz CT molecular complexity index is 1050. The summed E-state index contributed by atoms with van der Waals surface area (Å²) in [6.07, 6.45) is -3.37. The second-order valence-electron chi connectivity index (χ2n) is 5.92. The third-order valence-electron chi connectivity index (χ3n) is 3.98. The first kappa shape index (κ1) is 19.2. The number of alkyl halides is 3. The molecule has 3 N–H and O–H groups in total. The number of hydrogen-bond donors (Lipinski definition) is 3. The Morgan fingerprint density at radius 2 is 1.71 bits per heavy atom. The van der Waals surface area contributed by atoms with E-state index in [1.807, 2.05) is 24.3 Å². The lowest BCUT2D eigenvalue weighted by atomic mass is 10.1. The number of fused-ring (bicyclic) bond motifs is 1. The predicted molar refractivity (Wildman–Crippen MR) is 99.1 cm³/mol. The molecule has 0 bridgehead atoms. The summed E-state index contributed by atoms with van der Waals surface area (Å²) < 4.78 is 36.8. The van der Waals surface area contributed by atoms with E-state index in [2.05, 4.69) is 15.5 Å². The zero-order chi connectivity index (χ0) is 20.3. The third-order valence-corrected chi connectivity index (χ3v) is 3.98. The highest BCUT2D eigenvalue weighted by atomic mass is 19.4. The first-order valence-corrected chi connectivity index (χ1v) is 8.15. The quantitative estimate of drug-likeness (QED) is 0.469. The first-order valence-electron chi connectivity index (χ1n) is 8.15. The lowest BCUT2D eigenvalue weighted by molar-refractivity contribution is -0.167. The van der Waals surface area contributed by atoms with Crippen molar-refractivity contribution >= 4 is 34.1 Å². The van der Waals surface area contributed by atoms with E-state index in [-0.39, 0.29) is 5.69 Å². The van der Waals surface area contributed by atoms with Gasteiger partial charge < -0.3 is 10.3 Å². The van der Waals surface area contributed by atoms with Crippen molar-refractivity contribution in [3.63, 3.8) is 0 Å². The highest BCUT2D eigenvalue weighted by Gasteiger charge is 2.38. The van der Waals surface area contributed by atoms with E-state index in [1.165, 1.54) is 24.3 Å². The average Bonchev–Trinajstić information content (AvgIpc) is 3.10. The molecule has 1 aromatic heterocycles. The van der Waals surface area contributed by atoms with Gasteiger partial charge in [0.1, 0.15) is 0 Å². The molecule has 0 aliphatic rings. The number of aromatic amines is 1. The fraction of sp³-hybridized carbons (Fsp3) is 0.105. The molecule has 0 saturated heterocycles. The highest BCUT2D eigenvalue weighted by molar-refractivity contribution is 6.07. The number of carbonyl (C=O) groups is 2. The van der Waals surface area contributed by atoms with Gasteiger partial charge in [0, 0.05) is 22.8 Å². The van der Waals surface area contributed by atoms with E-state index >= 15 is 0 Å². The number of amides is 2. The van der Waals surface area contributed by atoms with Gasteiger partial charge in [-0.1, -0.05) is 30.3 Å². The normalized spacial score (nSPS) is 12.1. The summed E-state index contributed by atoms with van der Waals surface area (Å²) >= 11 is 0. The topological polar surface area (TPSA) is 86.3 Å². The van der Waals surface area contributed by atoms with Crippen molar-refractivity contribution in [3.8, 4) is 0 Å². The zero-order valence-electron chi connectivity index (χ0n) is 14.6. The van der Waals surface area contributed by atoms with Crippen molar-refractivity contribution in [1.29, 1.82) is 0 Å². The molecule has 6 nitrogen and oxygen atoms in total. The smallest absolute Gasteiger partial charge is 0.360 e. The number of hydrogen-bond acceptors (Lipinski definition) is 3. The van der Waals surface area contributed by atoms with Crippen LogP contribution >= 0.6 is 0 Å². The molecule has 3 aromatic rings. The largest absolute Gasteiger partial charge is 0.471 e. The maximum atomic E-state index is 12.3. The molecule has 2 amide bonds. The average molecular weight is 388 g/mol. The minimum atomic E-state index is -4.96. The number of nitrogens with one attached hydrogen (secondary N) is 3. The summed E-state index contributed by atoms with van der Waals surface area (Å²) in [5, 5.41) is 6.54. The summed E-state index contributed by atoms with van der Waals surface area (Å²) in [5.41, 5.74) is 4.74. The lowest BCUT2D eigenvalue weighted by Crippen LogP contribution is -2.29. The number of para-hydroxylation sites is 1. The summed E-state index contributed by atoms with van der Waals surface area (Å²) in [6.45, 7) is 1.64.